The molecule has 228 valence electrons. The third-order valence-corrected chi connectivity index (χ3v) is 9.33. The summed E-state index contributed by atoms with van der Waals surface area (Å²) in [5.41, 5.74) is 5.05. The van der Waals surface area contributed by atoms with Crippen LogP contribution >= 0.6 is 0 Å². The van der Waals surface area contributed by atoms with E-state index in [2.05, 4.69) is 154 Å². The van der Waals surface area contributed by atoms with E-state index in [4.69, 9.17) is 0 Å². The van der Waals surface area contributed by atoms with Gasteiger partial charge >= 0.3 is 0 Å². The molecule has 0 saturated heterocycles. The molecule has 4 atom stereocenters. The van der Waals surface area contributed by atoms with Gasteiger partial charge in [0.05, 0.1) is 0 Å². The van der Waals surface area contributed by atoms with Crippen molar-refractivity contribution in [2.75, 3.05) is 0 Å². The largest absolute Gasteiger partial charge is 0.299 e. The fourth-order valence-electron chi connectivity index (χ4n) is 6.14. The molecule has 0 aromatic heterocycles. The lowest BCUT2D eigenvalue weighted by molar-refractivity contribution is -0.129. The molecule has 2 aliphatic carbocycles. The van der Waals surface area contributed by atoms with Crippen molar-refractivity contribution in [1.82, 2.24) is 0 Å². The fourth-order valence-corrected chi connectivity index (χ4v) is 6.14. The lowest BCUT2D eigenvalue weighted by atomic mass is 9.63. The Bertz CT molecular complexity index is 1140. The molecule has 0 radical (unpaired) electrons. The molecule has 0 spiro atoms. The average molecular weight is 569 g/mol. The van der Waals surface area contributed by atoms with Crippen molar-refractivity contribution >= 4 is 11.6 Å². The molecule has 2 aliphatic rings. The highest BCUT2D eigenvalue weighted by molar-refractivity contribution is 5.82. The van der Waals surface area contributed by atoms with E-state index < -0.39 is 0 Å². The Morgan fingerprint density at radius 2 is 0.857 bits per heavy atom. The van der Waals surface area contributed by atoms with Gasteiger partial charge in [0.1, 0.15) is 11.6 Å². The first-order valence-electron chi connectivity index (χ1n) is 15.8. The molecule has 0 heterocycles. The van der Waals surface area contributed by atoms with Gasteiger partial charge in [-0.25, -0.2) is 0 Å². The highest BCUT2D eigenvalue weighted by atomic mass is 16.1. The van der Waals surface area contributed by atoms with Crippen LogP contribution in [0.3, 0.4) is 0 Å². The van der Waals surface area contributed by atoms with Gasteiger partial charge in [0, 0.05) is 24.7 Å². The molecule has 0 unspecified atom stereocenters. The molecular weight excluding hydrogens is 512 g/mol. The summed E-state index contributed by atoms with van der Waals surface area (Å²) in [4.78, 5) is 24.4. The Hall–Kier alpha value is -3.00. The average Bonchev–Trinajstić information content (AvgIpc) is 2.91. The molecule has 2 saturated carbocycles. The number of rotatable bonds is 10. The first kappa shape index (κ1) is 35.2. The number of hydrogen-bond donors (Lipinski definition) is 0. The number of allylic oxidation sites excluding steroid dienone is 18. The summed E-state index contributed by atoms with van der Waals surface area (Å²) in [6.07, 6.45) is 33.1. The minimum Gasteiger partial charge on any atom is -0.299 e. The van der Waals surface area contributed by atoms with Gasteiger partial charge < -0.3 is 0 Å². The molecule has 0 N–H and O–H groups in total. The van der Waals surface area contributed by atoms with Crippen molar-refractivity contribution in [3.63, 3.8) is 0 Å². The standard InChI is InChI=1S/C40H56O2/c1-29(17-13-19-31(3)21-23-35-33(5)37(41)25-27-39(35,7)8)15-11-12-16-30(2)18-14-20-32(4)22-24-36-34(6)38(42)26-28-40(36,9)10/h11-24,33-36H,25-28H2,1-10H3/b12-11+,17-13+,18-14+,23-21+,24-22+,29-15+,30-16+,31-19+,32-20+/t33-,34-,35-,36-/m0/s1. The first-order valence-corrected chi connectivity index (χ1v) is 15.8. The van der Waals surface area contributed by atoms with E-state index >= 15 is 0 Å². The van der Waals surface area contributed by atoms with Crippen molar-refractivity contribution in [2.45, 2.75) is 94.9 Å². The summed E-state index contributed by atoms with van der Waals surface area (Å²) in [5.74, 6) is 1.55. The zero-order valence-electron chi connectivity index (χ0n) is 28.0. The fraction of sp³-hybridized carbons (Fsp3) is 0.500. The van der Waals surface area contributed by atoms with E-state index in [0.29, 0.717) is 24.4 Å². The van der Waals surface area contributed by atoms with Gasteiger partial charge in [0.25, 0.3) is 0 Å². The molecule has 0 aromatic rings. The monoisotopic (exact) mass is 568 g/mol. The molecule has 0 amide bonds. The third kappa shape index (κ3) is 11.0. The van der Waals surface area contributed by atoms with Crippen LogP contribution in [0.15, 0.2) is 107 Å². The van der Waals surface area contributed by atoms with E-state index in [1.807, 2.05) is 0 Å². The first-order chi connectivity index (χ1) is 19.6. The predicted molar refractivity (Wildman–Crippen MR) is 182 cm³/mol. The van der Waals surface area contributed by atoms with Crippen molar-refractivity contribution in [1.29, 1.82) is 0 Å². The lowest BCUT2D eigenvalue weighted by Gasteiger charge is -2.40. The third-order valence-electron chi connectivity index (χ3n) is 9.33. The summed E-state index contributed by atoms with van der Waals surface area (Å²) in [6.45, 7) is 21.7. The van der Waals surface area contributed by atoms with Crippen molar-refractivity contribution in [3.8, 4) is 0 Å². The quantitative estimate of drug-likeness (QED) is 0.246. The summed E-state index contributed by atoms with van der Waals surface area (Å²) < 4.78 is 0. The van der Waals surface area contributed by atoms with Crippen LogP contribution in [0.4, 0.5) is 0 Å². The van der Waals surface area contributed by atoms with Crippen LogP contribution in [0, 0.1) is 34.5 Å². The van der Waals surface area contributed by atoms with Crippen LogP contribution in [-0.2, 0) is 9.59 Å². The highest BCUT2D eigenvalue weighted by Gasteiger charge is 2.40. The van der Waals surface area contributed by atoms with Crippen LogP contribution < -0.4 is 0 Å². The van der Waals surface area contributed by atoms with Crippen LogP contribution in [0.5, 0.6) is 0 Å². The SMILES string of the molecule is CC(/C=C/C=C(C)/C=C/[C@H]1[C@H](C)C(=O)CCC1(C)C)=C\C=C\C=C(C)\C=C\C=C(C)\C=C\[C@H]1[C@H](C)C(=O)CCC1(C)C. The second-order valence-electron chi connectivity index (χ2n) is 14.0. The Balaban J connectivity index is 1.88. The van der Waals surface area contributed by atoms with Gasteiger partial charge in [-0.05, 0) is 63.2 Å². The second-order valence-corrected chi connectivity index (χ2v) is 14.0. The number of carbonyl (C=O) groups excluding carboxylic acids is 2. The van der Waals surface area contributed by atoms with Gasteiger partial charge in [0.2, 0.25) is 0 Å². The van der Waals surface area contributed by atoms with Crippen molar-refractivity contribution < 1.29 is 9.59 Å². The Morgan fingerprint density at radius 3 is 1.21 bits per heavy atom. The van der Waals surface area contributed by atoms with Gasteiger partial charge in [-0.1, -0.05) is 149 Å². The summed E-state index contributed by atoms with van der Waals surface area (Å²) in [7, 11) is 0. The summed E-state index contributed by atoms with van der Waals surface area (Å²) in [6, 6.07) is 0. The Labute approximate surface area is 257 Å². The molecule has 2 rings (SSSR count). The van der Waals surface area contributed by atoms with E-state index in [-0.39, 0.29) is 34.5 Å². The Morgan fingerprint density at radius 1 is 0.548 bits per heavy atom. The van der Waals surface area contributed by atoms with Crippen molar-refractivity contribution in [3.05, 3.63) is 107 Å². The second kappa shape index (κ2) is 16.0. The minimum atomic E-state index is 0.0954. The van der Waals surface area contributed by atoms with Gasteiger partial charge in [-0.2, -0.15) is 0 Å². The smallest absolute Gasteiger partial charge is 0.136 e. The maximum Gasteiger partial charge on any atom is 0.136 e. The highest BCUT2D eigenvalue weighted by Crippen LogP contribution is 2.44. The molecule has 0 bridgehead atoms. The molecular formula is C40H56O2. The topological polar surface area (TPSA) is 34.1 Å². The van der Waals surface area contributed by atoms with Crippen LogP contribution in [0.25, 0.3) is 0 Å². The Kier molecular flexibility index (Phi) is 13.4. The zero-order chi connectivity index (χ0) is 31.5. The molecule has 2 fully saturated rings. The maximum atomic E-state index is 12.2. The number of carbonyl (C=O) groups is 2. The van der Waals surface area contributed by atoms with Crippen molar-refractivity contribution in [2.24, 2.45) is 34.5 Å². The van der Waals surface area contributed by atoms with Gasteiger partial charge in [0.15, 0.2) is 0 Å². The molecule has 0 aromatic carbocycles. The van der Waals surface area contributed by atoms with Gasteiger partial charge in [-0.15, -0.1) is 0 Å². The zero-order valence-corrected chi connectivity index (χ0v) is 28.0. The number of hydrogen-bond acceptors (Lipinski definition) is 2. The molecule has 2 heteroatoms. The number of ketones is 2. The molecule has 2 nitrogen and oxygen atoms in total. The van der Waals surface area contributed by atoms with Crippen LogP contribution in [0.2, 0.25) is 0 Å². The maximum absolute atomic E-state index is 12.2. The molecule has 0 aliphatic heterocycles. The summed E-state index contributed by atoms with van der Waals surface area (Å²) >= 11 is 0. The van der Waals surface area contributed by atoms with E-state index in [0.717, 1.165) is 12.8 Å². The minimum absolute atomic E-state index is 0.0954. The predicted octanol–water partition coefficient (Wildman–Crippen LogP) is 10.8. The van der Waals surface area contributed by atoms with Crippen LogP contribution in [-0.4, -0.2) is 11.6 Å². The van der Waals surface area contributed by atoms with Crippen LogP contribution in [0.1, 0.15) is 94.9 Å². The normalized spacial score (nSPS) is 28.4. The number of Topliss-reactive ketones (excluding diaryl/α,β-unsaturated/α-hetero) is 2. The van der Waals surface area contributed by atoms with Gasteiger partial charge in [-0.3, -0.25) is 9.59 Å². The lowest BCUT2D eigenvalue weighted by Crippen LogP contribution is -2.37. The summed E-state index contributed by atoms with van der Waals surface area (Å²) in [5, 5.41) is 0. The molecule has 42 heavy (non-hydrogen) atoms. The van der Waals surface area contributed by atoms with E-state index in [1.165, 1.54) is 22.3 Å². The van der Waals surface area contributed by atoms with E-state index in [9.17, 15) is 9.59 Å². The van der Waals surface area contributed by atoms with E-state index in [1.54, 1.807) is 0 Å².